The molecule has 0 spiro atoms. The molecule has 0 aliphatic rings. The van der Waals surface area contributed by atoms with Gasteiger partial charge in [-0.25, -0.2) is 0 Å². The van der Waals surface area contributed by atoms with Crippen LogP contribution in [-0.2, 0) is 13.2 Å². The minimum atomic E-state index is 0.440. The van der Waals surface area contributed by atoms with E-state index >= 15 is 0 Å². The highest BCUT2D eigenvalue weighted by atomic mass is 16.5. The summed E-state index contributed by atoms with van der Waals surface area (Å²) in [6.45, 7) is 2.21. The Balaban J connectivity index is 1.39. The number of ether oxygens (including phenoxy) is 3. The number of rotatable bonds is 10. The molecule has 3 rings (SSSR count). The van der Waals surface area contributed by atoms with E-state index in [-0.39, 0.29) is 0 Å². The fourth-order valence-corrected chi connectivity index (χ4v) is 2.80. The Hall–Kier alpha value is -3.74. The fraction of sp³-hybridized carbons (Fsp3) is 0.250. The standard InChI is InChI=1S/C24H28N4O3/c1-25-24(27-14-15-30-22-11-9-21(29-2)10-12-22)28-17-19-6-5-8-23(16-19)31-18-20-7-3-4-13-26-20/h3-13,16H,14-15,17-18H2,1-2H3,(H2,25,27,28). The van der Waals surface area contributed by atoms with Crippen LogP contribution < -0.4 is 24.8 Å². The first-order valence-electron chi connectivity index (χ1n) is 10.1. The van der Waals surface area contributed by atoms with Crippen molar-refractivity contribution in [2.45, 2.75) is 13.2 Å². The lowest BCUT2D eigenvalue weighted by molar-refractivity contribution is 0.301. The molecule has 7 heteroatoms. The molecule has 0 amide bonds. The maximum atomic E-state index is 5.84. The summed E-state index contributed by atoms with van der Waals surface area (Å²) in [6, 6.07) is 21.3. The van der Waals surface area contributed by atoms with E-state index in [1.54, 1.807) is 20.4 Å². The average molecular weight is 421 g/mol. The minimum Gasteiger partial charge on any atom is -0.497 e. The first kappa shape index (κ1) is 22.0. The van der Waals surface area contributed by atoms with Gasteiger partial charge in [0.05, 0.1) is 19.3 Å². The first-order chi connectivity index (χ1) is 15.3. The number of nitrogens with one attached hydrogen (secondary N) is 2. The molecule has 31 heavy (non-hydrogen) atoms. The van der Waals surface area contributed by atoms with E-state index in [0.29, 0.717) is 32.3 Å². The number of aliphatic imine (C=N–C) groups is 1. The SMILES string of the molecule is CN=C(NCCOc1ccc(OC)cc1)NCc1cccc(OCc2ccccn2)c1. The van der Waals surface area contributed by atoms with Gasteiger partial charge in [-0.15, -0.1) is 0 Å². The summed E-state index contributed by atoms with van der Waals surface area (Å²) in [5, 5.41) is 6.54. The average Bonchev–Trinajstić information content (AvgIpc) is 2.83. The lowest BCUT2D eigenvalue weighted by Crippen LogP contribution is -2.38. The van der Waals surface area contributed by atoms with E-state index in [0.717, 1.165) is 28.5 Å². The summed E-state index contributed by atoms with van der Waals surface area (Å²) in [5.74, 6) is 3.12. The molecule has 0 saturated carbocycles. The molecule has 0 unspecified atom stereocenters. The zero-order valence-electron chi connectivity index (χ0n) is 17.9. The largest absolute Gasteiger partial charge is 0.497 e. The summed E-state index contributed by atoms with van der Waals surface area (Å²) in [5.41, 5.74) is 1.99. The normalized spacial score (nSPS) is 11.0. The van der Waals surface area contributed by atoms with E-state index < -0.39 is 0 Å². The van der Waals surface area contributed by atoms with Crippen LogP contribution in [0.2, 0.25) is 0 Å². The Labute approximate surface area is 183 Å². The van der Waals surface area contributed by atoms with E-state index in [1.807, 2.05) is 66.7 Å². The van der Waals surface area contributed by atoms with Gasteiger partial charge in [-0.3, -0.25) is 9.98 Å². The van der Waals surface area contributed by atoms with Crippen LogP contribution in [0.25, 0.3) is 0 Å². The highest BCUT2D eigenvalue weighted by Crippen LogP contribution is 2.17. The zero-order valence-corrected chi connectivity index (χ0v) is 17.9. The van der Waals surface area contributed by atoms with Gasteiger partial charge >= 0.3 is 0 Å². The molecule has 0 fully saturated rings. The molecule has 162 valence electrons. The third kappa shape index (κ3) is 7.54. The maximum absolute atomic E-state index is 5.84. The van der Waals surface area contributed by atoms with Gasteiger partial charge in [-0.2, -0.15) is 0 Å². The number of benzene rings is 2. The van der Waals surface area contributed by atoms with Crippen molar-refractivity contribution < 1.29 is 14.2 Å². The van der Waals surface area contributed by atoms with Crippen molar-refractivity contribution in [3.8, 4) is 17.2 Å². The summed E-state index contributed by atoms with van der Waals surface area (Å²) in [6.07, 6.45) is 1.76. The van der Waals surface area contributed by atoms with Crippen molar-refractivity contribution in [3.05, 3.63) is 84.2 Å². The van der Waals surface area contributed by atoms with Crippen molar-refractivity contribution in [2.75, 3.05) is 27.3 Å². The molecule has 0 radical (unpaired) electrons. The Morgan fingerprint density at radius 3 is 2.48 bits per heavy atom. The molecule has 0 atom stereocenters. The molecule has 1 heterocycles. The van der Waals surface area contributed by atoms with Gasteiger partial charge in [0.15, 0.2) is 5.96 Å². The Morgan fingerprint density at radius 1 is 0.903 bits per heavy atom. The number of pyridine rings is 1. The van der Waals surface area contributed by atoms with Crippen molar-refractivity contribution in [3.63, 3.8) is 0 Å². The van der Waals surface area contributed by atoms with E-state index in [1.165, 1.54) is 0 Å². The quantitative estimate of drug-likeness (QED) is 0.297. The second kappa shape index (κ2) is 12.1. The molecular formula is C24H28N4O3. The van der Waals surface area contributed by atoms with Crippen LogP contribution in [0.15, 0.2) is 77.9 Å². The number of nitrogens with zero attached hydrogens (tertiary/aromatic N) is 2. The lowest BCUT2D eigenvalue weighted by atomic mass is 10.2. The Kier molecular flexibility index (Phi) is 8.55. The third-order valence-corrected chi connectivity index (χ3v) is 4.42. The number of hydrogen-bond acceptors (Lipinski definition) is 5. The second-order valence-corrected chi connectivity index (χ2v) is 6.63. The lowest BCUT2D eigenvalue weighted by Gasteiger charge is -2.13. The van der Waals surface area contributed by atoms with Crippen molar-refractivity contribution in [1.29, 1.82) is 0 Å². The molecule has 0 aliphatic heterocycles. The number of hydrogen-bond donors (Lipinski definition) is 2. The van der Waals surface area contributed by atoms with Gasteiger partial charge in [0.2, 0.25) is 0 Å². The van der Waals surface area contributed by atoms with Crippen LogP contribution in [0, 0.1) is 0 Å². The summed E-state index contributed by atoms with van der Waals surface area (Å²) in [7, 11) is 3.38. The summed E-state index contributed by atoms with van der Waals surface area (Å²) >= 11 is 0. The zero-order chi connectivity index (χ0) is 21.7. The molecule has 2 N–H and O–H groups in total. The maximum Gasteiger partial charge on any atom is 0.191 e. The van der Waals surface area contributed by atoms with E-state index in [2.05, 4.69) is 20.6 Å². The molecule has 7 nitrogen and oxygen atoms in total. The topological polar surface area (TPSA) is 77.0 Å². The van der Waals surface area contributed by atoms with Crippen molar-refractivity contribution in [2.24, 2.45) is 4.99 Å². The predicted molar refractivity (Wildman–Crippen MR) is 122 cm³/mol. The van der Waals surface area contributed by atoms with E-state index in [9.17, 15) is 0 Å². The third-order valence-electron chi connectivity index (χ3n) is 4.42. The van der Waals surface area contributed by atoms with Gasteiger partial charge < -0.3 is 24.8 Å². The molecule has 2 aromatic carbocycles. The highest BCUT2D eigenvalue weighted by molar-refractivity contribution is 5.79. The number of guanidine groups is 1. The monoisotopic (exact) mass is 420 g/mol. The van der Waals surface area contributed by atoms with Gasteiger partial charge in [0, 0.05) is 19.8 Å². The number of aromatic nitrogens is 1. The van der Waals surface area contributed by atoms with Crippen LogP contribution in [-0.4, -0.2) is 38.3 Å². The van der Waals surface area contributed by atoms with Crippen LogP contribution in [0.1, 0.15) is 11.3 Å². The van der Waals surface area contributed by atoms with Gasteiger partial charge in [0.1, 0.15) is 30.5 Å². The van der Waals surface area contributed by atoms with Crippen molar-refractivity contribution in [1.82, 2.24) is 15.6 Å². The molecule has 0 bridgehead atoms. The van der Waals surface area contributed by atoms with Crippen molar-refractivity contribution >= 4 is 5.96 Å². The molecule has 1 aromatic heterocycles. The summed E-state index contributed by atoms with van der Waals surface area (Å²) < 4.78 is 16.7. The Bertz CT molecular complexity index is 947. The first-order valence-corrected chi connectivity index (χ1v) is 10.1. The van der Waals surface area contributed by atoms with Crippen LogP contribution in [0.3, 0.4) is 0 Å². The van der Waals surface area contributed by atoms with Gasteiger partial charge in [-0.05, 0) is 54.1 Å². The van der Waals surface area contributed by atoms with Crippen LogP contribution in [0.4, 0.5) is 0 Å². The molecular weight excluding hydrogens is 392 g/mol. The van der Waals surface area contributed by atoms with Gasteiger partial charge in [-0.1, -0.05) is 18.2 Å². The van der Waals surface area contributed by atoms with E-state index in [4.69, 9.17) is 14.2 Å². The fourth-order valence-electron chi connectivity index (χ4n) is 2.80. The highest BCUT2D eigenvalue weighted by Gasteiger charge is 2.02. The molecule has 3 aromatic rings. The molecule has 0 saturated heterocycles. The minimum absolute atomic E-state index is 0.440. The summed E-state index contributed by atoms with van der Waals surface area (Å²) in [4.78, 5) is 8.52. The second-order valence-electron chi connectivity index (χ2n) is 6.63. The smallest absolute Gasteiger partial charge is 0.191 e. The molecule has 0 aliphatic carbocycles. The van der Waals surface area contributed by atoms with Crippen LogP contribution >= 0.6 is 0 Å². The van der Waals surface area contributed by atoms with Gasteiger partial charge in [0.25, 0.3) is 0 Å². The Morgan fingerprint density at radius 2 is 1.74 bits per heavy atom. The number of methoxy groups -OCH3 is 1. The van der Waals surface area contributed by atoms with Crippen LogP contribution in [0.5, 0.6) is 17.2 Å². The predicted octanol–water partition coefficient (Wildman–Crippen LogP) is 3.41.